The molecule has 1 aromatic rings. The number of carbonyl (C=O) groups excluding carboxylic acids is 2. The Morgan fingerprint density at radius 3 is 2.62 bits per heavy atom. The van der Waals surface area contributed by atoms with Gasteiger partial charge in [-0.05, 0) is 6.07 Å². The largest absolute Gasteiger partial charge is 0.417 e. The number of alkyl halides is 3. The van der Waals surface area contributed by atoms with E-state index in [0.717, 1.165) is 6.08 Å². The molecule has 21 heavy (non-hydrogen) atoms. The Morgan fingerprint density at radius 1 is 1.38 bits per heavy atom. The third-order valence-electron chi connectivity index (χ3n) is 2.37. The van der Waals surface area contributed by atoms with Crippen LogP contribution in [0, 0.1) is 0 Å². The molecule has 0 aliphatic rings. The van der Waals surface area contributed by atoms with Gasteiger partial charge < -0.3 is 15.6 Å². The second-order valence-corrected chi connectivity index (χ2v) is 3.86. The lowest BCUT2D eigenvalue weighted by Gasteiger charge is -2.07. The molecule has 0 bridgehead atoms. The standard InChI is InChI=1S/C12H12F3N3O3/c1-16-9(19)3-2-4-17-10(20)8-5-7(12(13,14)15)6-18-11(8)21/h2-3,5-6H,4H2,1H3,(H,16,19)(H,17,20)(H,18,21)/b3-2+. The highest BCUT2D eigenvalue weighted by Gasteiger charge is 2.32. The maximum atomic E-state index is 12.5. The minimum atomic E-state index is -4.67. The molecular weight excluding hydrogens is 291 g/mol. The van der Waals surface area contributed by atoms with E-state index in [4.69, 9.17) is 0 Å². The van der Waals surface area contributed by atoms with Crippen LogP contribution in [0.5, 0.6) is 0 Å². The van der Waals surface area contributed by atoms with Gasteiger partial charge in [0, 0.05) is 25.9 Å². The summed E-state index contributed by atoms with van der Waals surface area (Å²) in [6, 6.07) is 0.469. The van der Waals surface area contributed by atoms with Crippen LogP contribution in [0.25, 0.3) is 0 Å². The van der Waals surface area contributed by atoms with Gasteiger partial charge in [0.2, 0.25) is 5.91 Å². The van der Waals surface area contributed by atoms with Gasteiger partial charge in [-0.2, -0.15) is 13.2 Å². The van der Waals surface area contributed by atoms with E-state index in [2.05, 4.69) is 10.6 Å². The minimum absolute atomic E-state index is 0.109. The van der Waals surface area contributed by atoms with Crippen molar-refractivity contribution in [3.05, 3.63) is 45.9 Å². The van der Waals surface area contributed by atoms with Crippen LogP contribution in [0.3, 0.4) is 0 Å². The number of hydrogen-bond acceptors (Lipinski definition) is 3. The summed E-state index contributed by atoms with van der Waals surface area (Å²) in [5.41, 5.74) is -2.72. The summed E-state index contributed by atoms with van der Waals surface area (Å²) in [4.78, 5) is 35.7. The summed E-state index contributed by atoms with van der Waals surface area (Å²) in [5.74, 6) is -1.37. The van der Waals surface area contributed by atoms with E-state index in [1.54, 1.807) is 0 Å². The maximum Gasteiger partial charge on any atom is 0.417 e. The van der Waals surface area contributed by atoms with Crippen molar-refractivity contribution in [3.8, 4) is 0 Å². The molecule has 1 heterocycles. The van der Waals surface area contributed by atoms with Crippen molar-refractivity contribution < 1.29 is 22.8 Å². The number of amides is 2. The van der Waals surface area contributed by atoms with Gasteiger partial charge >= 0.3 is 6.18 Å². The van der Waals surface area contributed by atoms with E-state index in [9.17, 15) is 27.6 Å². The van der Waals surface area contributed by atoms with Gasteiger partial charge in [0.05, 0.1) is 5.56 Å². The van der Waals surface area contributed by atoms with Gasteiger partial charge in [-0.25, -0.2) is 0 Å². The van der Waals surface area contributed by atoms with Crippen molar-refractivity contribution in [2.24, 2.45) is 0 Å². The molecule has 1 rings (SSSR count). The lowest BCUT2D eigenvalue weighted by molar-refractivity contribution is -0.137. The smallest absolute Gasteiger partial charge is 0.356 e. The Bertz CT molecular complexity index is 620. The van der Waals surface area contributed by atoms with Crippen molar-refractivity contribution in [3.63, 3.8) is 0 Å². The zero-order valence-electron chi connectivity index (χ0n) is 10.9. The molecule has 9 heteroatoms. The summed E-state index contributed by atoms with van der Waals surface area (Å²) < 4.78 is 37.5. The van der Waals surface area contributed by atoms with Crippen LogP contribution in [0.1, 0.15) is 15.9 Å². The molecule has 0 aromatic carbocycles. The summed E-state index contributed by atoms with van der Waals surface area (Å²) in [5, 5.41) is 4.50. The summed E-state index contributed by atoms with van der Waals surface area (Å²) in [6.07, 6.45) is -1.75. The first kappa shape index (κ1) is 16.5. The molecule has 0 spiro atoms. The fourth-order valence-electron chi connectivity index (χ4n) is 1.31. The van der Waals surface area contributed by atoms with Gasteiger partial charge in [0.1, 0.15) is 5.56 Å². The van der Waals surface area contributed by atoms with E-state index in [1.807, 2.05) is 4.98 Å². The van der Waals surface area contributed by atoms with Crippen LogP contribution in [0.2, 0.25) is 0 Å². The first-order valence-corrected chi connectivity index (χ1v) is 5.72. The Balaban J connectivity index is 2.81. The zero-order valence-corrected chi connectivity index (χ0v) is 10.9. The maximum absolute atomic E-state index is 12.5. The topological polar surface area (TPSA) is 91.1 Å². The molecule has 0 fully saturated rings. The number of aromatic amines is 1. The van der Waals surface area contributed by atoms with E-state index in [-0.39, 0.29) is 6.54 Å². The second-order valence-electron chi connectivity index (χ2n) is 3.86. The van der Waals surface area contributed by atoms with Crippen LogP contribution < -0.4 is 16.2 Å². The van der Waals surface area contributed by atoms with Crippen molar-refractivity contribution >= 4 is 11.8 Å². The number of likely N-dealkylation sites (N-methyl/N-ethyl adjacent to an activating group) is 1. The van der Waals surface area contributed by atoms with Crippen LogP contribution >= 0.6 is 0 Å². The van der Waals surface area contributed by atoms with Gasteiger partial charge in [0.25, 0.3) is 11.5 Å². The van der Waals surface area contributed by atoms with Gasteiger partial charge in [-0.15, -0.1) is 0 Å². The number of hydrogen-bond donors (Lipinski definition) is 3. The number of halogens is 3. The second kappa shape index (κ2) is 6.73. The highest BCUT2D eigenvalue weighted by atomic mass is 19.4. The van der Waals surface area contributed by atoms with Crippen LogP contribution in [0.15, 0.2) is 29.2 Å². The molecule has 114 valence electrons. The van der Waals surface area contributed by atoms with Crippen molar-refractivity contribution in [2.75, 3.05) is 13.6 Å². The number of pyridine rings is 1. The molecular formula is C12H12F3N3O3. The summed E-state index contributed by atoms with van der Waals surface area (Å²) in [7, 11) is 1.41. The third-order valence-corrected chi connectivity index (χ3v) is 2.37. The Morgan fingerprint density at radius 2 is 2.05 bits per heavy atom. The van der Waals surface area contributed by atoms with E-state index in [1.165, 1.54) is 13.1 Å². The Hall–Kier alpha value is -2.58. The van der Waals surface area contributed by atoms with Crippen molar-refractivity contribution in [1.29, 1.82) is 0 Å². The number of H-pyrrole nitrogens is 1. The van der Waals surface area contributed by atoms with Gasteiger partial charge in [0.15, 0.2) is 0 Å². The summed E-state index contributed by atoms with van der Waals surface area (Å²) in [6.45, 7) is -0.109. The fourth-order valence-corrected chi connectivity index (χ4v) is 1.31. The first-order valence-electron chi connectivity index (χ1n) is 5.72. The van der Waals surface area contributed by atoms with Crippen LogP contribution in [-0.2, 0) is 11.0 Å². The van der Waals surface area contributed by atoms with Gasteiger partial charge in [-0.1, -0.05) is 6.08 Å². The number of carbonyl (C=O) groups is 2. The zero-order chi connectivity index (χ0) is 16.0. The third kappa shape index (κ3) is 4.79. The van der Waals surface area contributed by atoms with Crippen molar-refractivity contribution in [2.45, 2.75) is 6.18 Å². The Labute approximate surface area is 117 Å². The Kier molecular flexibility index (Phi) is 5.28. The predicted octanol–water partition coefficient (Wildman–Crippen LogP) is 0.426. The minimum Gasteiger partial charge on any atom is -0.356 e. The average molecular weight is 303 g/mol. The molecule has 0 aliphatic heterocycles. The summed E-state index contributed by atoms with van der Waals surface area (Å²) >= 11 is 0. The molecule has 0 radical (unpaired) electrons. The number of aromatic nitrogens is 1. The molecule has 6 nitrogen and oxygen atoms in total. The highest BCUT2D eigenvalue weighted by Crippen LogP contribution is 2.28. The molecule has 1 aromatic heterocycles. The first-order chi connectivity index (χ1) is 9.75. The fraction of sp³-hybridized carbons (Fsp3) is 0.250. The van der Waals surface area contributed by atoms with Crippen LogP contribution in [0.4, 0.5) is 13.2 Å². The lowest BCUT2D eigenvalue weighted by Crippen LogP contribution is -2.30. The number of rotatable bonds is 4. The quantitative estimate of drug-likeness (QED) is 0.704. The highest BCUT2D eigenvalue weighted by molar-refractivity contribution is 5.94. The number of nitrogens with one attached hydrogen (secondary N) is 3. The monoisotopic (exact) mass is 303 g/mol. The molecule has 0 aliphatic carbocycles. The van der Waals surface area contributed by atoms with Crippen LogP contribution in [-0.4, -0.2) is 30.4 Å². The molecule has 0 unspecified atom stereocenters. The molecule has 0 saturated heterocycles. The SMILES string of the molecule is CNC(=O)/C=C/CNC(=O)c1cc(C(F)(F)F)c[nH]c1=O. The van der Waals surface area contributed by atoms with Crippen molar-refractivity contribution in [1.82, 2.24) is 15.6 Å². The normalized spacial score (nSPS) is 11.4. The lowest BCUT2D eigenvalue weighted by atomic mass is 10.2. The van der Waals surface area contributed by atoms with E-state index < -0.39 is 34.7 Å². The average Bonchev–Trinajstić information content (AvgIpc) is 2.42. The van der Waals surface area contributed by atoms with Gasteiger partial charge in [-0.3, -0.25) is 14.4 Å². The molecule has 3 N–H and O–H groups in total. The molecule has 2 amide bonds. The van der Waals surface area contributed by atoms with E-state index >= 15 is 0 Å². The predicted molar refractivity (Wildman–Crippen MR) is 67.6 cm³/mol. The van der Waals surface area contributed by atoms with E-state index in [0.29, 0.717) is 12.3 Å². The molecule has 0 saturated carbocycles. The molecule has 0 atom stereocenters.